The molecular weight excluding hydrogens is 382 g/mol. The van der Waals surface area contributed by atoms with Crippen LogP contribution < -0.4 is 0 Å². The molecule has 160 valence electrons. The summed E-state index contributed by atoms with van der Waals surface area (Å²) >= 11 is 0. The molecule has 0 amide bonds. The first-order valence-corrected chi connectivity index (χ1v) is 10.6. The second-order valence-corrected chi connectivity index (χ2v) is 8.60. The lowest BCUT2D eigenvalue weighted by atomic mass is 9.73. The molecule has 3 nitrogen and oxygen atoms in total. The van der Waals surface area contributed by atoms with Crippen molar-refractivity contribution in [2.45, 2.75) is 45.1 Å². The Kier molecular flexibility index (Phi) is 9.16. The maximum atomic E-state index is 12.2. The highest BCUT2D eigenvalue weighted by Gasteiger charge is 2.40. The van der Waals surface area contributed by atoms with E-state index in [9.17, 15) is 5.11 Å². The summed E-state index contributed by atoms with van der Waals surface area (Å²) in [6.45, 7) is 10.8. The third kappa shape index (κ3) is 6.29. The second kappa shape index (κ2) is 11.1. The molecule has 0 bridgehead atoms. The number of halogens is 1. The number of rotatable bonds is 8. The molecule has 1 aliphatic heterocycles. The first kappa shape index (κ1) is 23.9. The zero-order valence-corrected chi connectivity index (χ0v) is 18.8. The largest absolute Gasteiger partial charge is 0.384 e. The average molecular weight is 418 g/mol. The van der Waals surface area contributed by atoms with Crippen molar-refractivity contribution in [3.8, 4) is 0 Å². The SMILES string of the molecule is Cc1ccc(C(O)(CCC(C)C)C(CN2CCOCC2)c2ccccc2)cc1.Cl. The van der Waals surface area contributed by atoms with E-state index in [0.29, 0.717) is 5.92 Å². The summed E-state index contributed by atoms with van der Waals surface area (Å²) in [5.41, 5.74) is 2.57. The Bertz CT molecular complexity index is 713. The zero-order chi connectivity index (χ0) is 20.0. The number of morpholine rings is 1. The van der Waals surface area contributed by atoms with Gasteiger partial charge in [-0.1, -0.05) is 74.0 Å². The molecule has 2 unspecified atom stereocenters. The van der Waals surface area contributed by atoms with E-state index in [1.807, 2.05) is 6.07 Å². The molecule has 2 atom stereocenters. The van der Waals surface area contributed by atoms with E-state index in [4.69, 9.17) is 4.74 Å². The number of aliphatic hydroxyl groups is 1. The van der Waals surface area contributed by atoms with Crippen molar-refractivity contribution in [1.82, 2.24) is 4.90 Å². The van der Waals surface area contributed by atoms with E-state index in [0.717, 1.165) is 51.3 Å². The van der Waals surface area contributed by atoms with Gasteiger partial charge in [-0.25, -0.2) is 0 Å². The molecule has 0 spiro atoms. The summed E-state index contributed by atoms with van der Waals surface area (Å²) < 4.78 is 5.55. The van der Waals surface area contributed by atoms with Gasteiger partial charge < -0.3 is 9.84 Å². The Balaban J connectivity index is 0.00000300. The van der Waals surface area contributed by atoms with Crippen LogP contribution in [0.15, 0.2) is 54.6 Å². The molecular formula is C25H36ClNO2. The molecule has 1 fully saturated rings. The van der Waals surface area contributed by atoms with Gasteiger partial charge in [0.15, 0.2) is 0 Å². The summed E-state index contributed by atoms with van der Waals surface area (Å²) in [6, 6.07) is 19.0. The Morgan fingerprint density at radius 1 is 1.00 bits per heavy atom. The molecule has 0 radical (unpaired) electrons. The highest BCUT2D eigenvalue weighted by molar-refractivity contribution is 5.85. The van der Waals surface area contributed by atoms with Crippen molar-refractivity contribution in [1.29, 1.82) is 0 Å². The lowest BCUT2D eigenvalue weighted by Crippen LogP contribution is -2.45. The summed E-state index contributed by atoms with van der Waals surface area (Å²) in [7, 11) is 0. The minimum absolute atomic E-state index is 0. The highest BCUT2D eigenvalue weighted by atomic mass is 35.5. The summed E-state index contributed by atoms with van der Waals surface area (Å²) in [5, 5.41) is 12.2. The second-order valence-electron chi connectivity index (χ2n) is 8.60. The van der Waals surface area contributed by atoms with Crippen molar-refractivity contribution in [2.24, 2.45) is 5.92 Å². The maximum Gasteiger partial charge on any atom is 0.0977 e. The van der Waals surface area contributed by atoms with E-state index in [1.165, 1.54) is 11.1 Å². The summed E-state index contributed by atoms with van der Waals surface area (Å²) in [4.78, 5) is 2.44. The van der Waals surface area contributed by atoms with Crippen LogP contribution in [-0.4, -0.2) is 42.9 Å². The van der Waals surface area contributed by atoms with Gasteiger partial charge in [0.25, 0.3) is 0 Å². The quantitative estimate of drug-likeness (QED) is 0.644. The van der Waals surface area contributed by atoms with E-state index < -0.39 is 5.60 Å². The summed E-state index contributed by atoms with van der Waals surface area (Å²) in [6.07, 6.45) is 1.76. The van der Waals surface area contributed by atoms with Crippen LogP contribution in [0.5, 0.6) is 0 Å². The van der Waals surface area contributed by atoms with Crippen molar-refractivity contribution in [3.05, 3.63) is 71.3 Å². The molecule has 1 saturated heterocycles. The fraction of sp³-hybridized carbons (Fsp3) is 0.520. The molecule has 1 aliphatic rings. The topological polar surface area (TPSA) is 32.7 Å². The number of nitrogens with zero attached hydrogens (tertiary/aromatic N) is 1. The first-order valence-electron chi connectivity index (χ1n) is 10.6. The number of hydrogen-bond donors (Lipinski definition) is 1. The smallest absolute Gasteiger partial charge is 0.0977 e. The van der Waals surface area contributed by atoms with E-state index in [1.54, 1.807) is 0 Å². The van der Waals surface area contributed by atoms with Crippen molar-refractivity contribution in [2.75, 3.05) is 32.8 Å². The normalized spacial score (nSPS) is 18.1. The van der Waals surface area contributed by atoms with E-state index in [-0.39, 0.29) is 18.3 Å². The standard InChI is InChI=1S/C25H35NO2.ClH/c1-20(2)13-14-25(27,23-11-9-21(3)10-12-23)24(22-7-5-4-6-8-22)19-26-15-17-28-18-16-26;/h4-12,20,24,27H,13-19H2,1-3H3;1H. The average Bonchev–Trinajstić information content (AvgIpc) is 2.72. The predicted molar refractivity (Wildman–Crippen MR) is 123 cm³/mol. The van der Waals surface area contributed by atoms with E-state index in [2.05, 4.69) is 74.2 Å². The molecule has 1 heterocycles. The van der Waals surface area contributed by atoms with Gasteiger partial charge in [-0.2, -0.15) is 0 Å². The lowest BCUT2D eigenvalue weighted by molar-refractivity contribution is -0.0311. The Morgan fingerprint density at radius 2 is 1.62 bits per heavy atom. The maximum absolute atomic E-state index is 12.2. The molecule has 29 heavy (non-hydrogen) atoms. The third-order valence-corrected chi connectivity index (χ3v) is 5.98. The lowest BCUT2D eigenvalue weighted by Gasteiger charge is -2.41. The van der Waals surface area contributed by atoms with Gasteiger partial charge in [-0.05, 0) is 36.8 Å². The third-order valence-electron chi connectivity index (χ3n) is 5.98. The van der Waals surface area contributed by atoms with Crippen LogP contribution in [0.2, 0.25) is 0 Å². The van der Waals surface area contributed by atoms with Gasteiger partial charge in [0.2, 0.25) is 0 Å². The van der Waals surface area contributed by atoms with Gasteiger partial charge in [0, 0.05) is 25.6 Å². The fourth-order valence-electron chi connectivity index (χ4n) is 4.13. The summed E-state index contributed by atoms with van der Waals surface area (Å²) in [5.74, 6) is 0.574. The molecule has 1 N–H and O–H groups in total. The van der Waals surface area contributed by atoms with Crippen molar-refractivity contribution < 1.29 is 9.84 Å². The van der Waals surface area contributed by atoms with Crippen LogP contribution in [0.1, 0.15) is 49.3 Å². The fourth-order valence-corrected chi connectivity index (χ4v) is 4.13. The van der Waals surface area contributed by atoms with Crippen LogP contribution in [0.3, 0.4) is 0 Å². The minimum atomic E-state index is -0.891. The number of benzene rings is 2. The molecule has 2 aromatic carbocycles. The highest BCUT2D eigenvalue weighted by Crippen LogP contribution is 2.42. The van der Waals surface area contributed by atoms with Crippen molar-refractivity contribution >= 4 is 12.4 Å². The molecule has 0 saturated carbocycles. The first-order chi connectivity index (χ1) is 13.5. The number of aryl methyl sites for hydroxylation is 1. The van der Waals surface area contributed by atoms with Crippen molar-refractivity contribution in [3.63, 3.8) is 0 Å². The number of ether oxygens (including phenoxy) is 1. The molecule has 3 rings (SSSR count). The van der Waals surface area contributed by atoms with Crippen LogP contribution in [0, 0.1) is 12.8 Å². The molecule has 0 aromatic heterocycles. The van der Waals surface area contributed by atoms with Gasteiger partial charge in [0.05, 0.1) is 18.8 Å². The number of hydrogen-bond acceptors (Lipinski definition) is 3. The van der Waals surface area contributed by atoms with Crippen LogP contribution >= 0.6 is 12.4 Å². The van der Waals surface area contributed by atoms with Gasteiger partial charge >= 0.3 is 0 Å². The Hall–Kier alpha value is -1.39. The van der Waals surface area contributed by atoms with Gasteiger partial charge in [0.1, 0.15) is 0 Å². The van der Waals surface area contributed by atoms with Crippen LogP contribution in [0.4, 0.5) is 0 Å². The molecule has 0 aliphatic carbocycles. The Labute approximate surface area is 182 Å². The zero-order valence-electron chi connectivity index (χ0n) is 18.0. The van der Waals surface area contributed by atoms with Crippen LogP contribution in [-0.2, 0) is 10.3 Å². The Morgan fingerprint density at radius 3 is 2.21 bits per heavy atom. The monoisotopic (exact) mass is 417 g/mol. The molecule has 4 heteroatoms. The van der Waals surface area contributed by atoms with E-state index >= 15 is 0 Å². The van der Waals surface area contributed by atoms with Gasteiger partial charge in [-0.3, -0.25) is 4.90 Å². The predicted octanol–water partition coefficient (Wildman–Crippen LogP) is 5.16. The van der Waals surface area contributed by atoms with Crippen LogP contribution in [0.25, 0.3) is 0 Å². The van der Waals surface area contributed by atoms with Gasteiger partial charge in [-0.15, -0.1) is 12.4 Å². The minimum Gasteiger partial charge on any atom is -0.384 e. The molecule has 2 aromatic rings.